The number of aromatic nitrogens is 7. The third kappa shape index (κ3) is 4.77. The Balaban J connectivity index is 1.55. The number of nitrogens with zero attached hydrogens (tertiary/aromatic N) is 7. The number of tetrazole rings is 1. The monoisotopic (exact) mass is 492 g/mol. The lowest BCUT2D eigenvalue weighted by molar-refractivity contribution is -0.137. The number of alkyl halides is 3. The van der Waals surface area contributed by atoms with Crippen LogP contribution in [0.15, 0.2) is 59.6 Å². The van der Waals surface area contributed by atoms with Crippen LogP contribution in [-0.4, -0.2) is 40.9 Å². The number of halogens is 4. The van der Waals surface area contributed by atoms with Gasteiger partial charge in [-0.3, -0.25) is 4.79 Å². The molecule has 31 heavy (non-hydrogen) atoms. The highest BCUT2D eigenvalue weighted by atomic mass is 79.9. The summed E-state index contributed by atoms with van der Waals surface area (Å²) in [5.41, 5.74) is -0.0798. The van der Waals surface area contributed by atoms with Crippen molar-refractivity contribution >= 4 is 27.5 Å². The van der Waals surface area contributed by atoms with Gasteiger partial charge in [0.25, 0.3) is 0 Å². The average molecular weight is 493 g/mol. The third-order valence-electron chi connectivity index (χ3n) is 4.10. The van der Waals surface area contributed by atoms with Crippen molar-refractivity contribution in [3.8, 4) is 17.1 Å². The smallest absolute Gasteiger partial charge is 0.323 e. The molecular formula is C18H12BrF3N8O. The van der Waals surface area contributed by atoms with Crippen LogP contribution in [0.25, 0.3) is 17.1 Å². The van der Waals surface area contributed by atoms with Gasteiger partial charge < -0.3 is 5.32 Å². The van der Waals surface area contributed by atoms with Gasteiger partial charge in [0.2, 0.25) is 11.7 Å². The van der Waals surface area contributed by atoms with E-state index in [1.165, 1.54) is 23.4 Å². The molecule has 0 bridgehead atoms. The summed E-state index contributed by atoms with van der Waals surface area (Å²) < 4.78 is 41.5. The van der Waals surface area contributed by atoms with Gasteiger partial charge in [0.1, 0.15) is 19.2 Å². The fraction of sp³-hybridized carbons (Fsp3) is 0.111. The molecule has 0 fully saturated rings. The highest BCUT2D eigenvalue weighted by molar-refractivity contribution is 9.10. The van der Waals surface area contributed by atoms with Crippen molar-refractivity contribution in [3.63, 3.8) is 0 Å². The molecule has 158 valence electrons. The van der Waals surface area contributed by atoms with Crippen LogP contribution in [0.4, 0.5) is 18.9 Å². The minimum atomic E-state index is -4.58. The molecule has 13 heteroatoms. The van der Waals surface area contributed by atoms with Gasteiger partial charge in [-0.05, 0) is 47.7 Å². The molecule has 0 radical (unpaired) electrons. The molecule has 0 saturated carbocycles. The van der Waals surface area contributed by atoms with Crippen molar-refractivity contribution in [2.45, 2.75) is 12.7 Å². The van der Waals surface area contributed by atoms with Gasteiger partial charge in [-0.15, -0.1) is 10.2 Å². The van der Waals surface area contributed by atoms with E-state index in [-0.39, 0.29) is 17.9 Å². The van der Waals surface area contributed by atoms with E-state index in [0.717, 1.165) is 21.4 Å². The molecule has 4 rings (SSSR count). The van der Waals surface area contributed by atoms with E-state index in [9.17, 15) is 18.0 Å². The Kier molecular flexibility index (Phi) is 5.50. The summed E-state index contributed by atoms with van der Waals surface area (Å²) in [5.74, 6) is -0.330. The van der Waals surface area contributed by atoms with Crippen molar-refractivity contribution in [3.05, 3.63) is 65.2 Å². The van der Waals surface area contributed by atoms with E-state index in [4.69, 9.17) is 0 Å². The highest BCUT2D eigenvalue weighted by Gasteiger charge is 2.31. The van der Waals surface area contributed by atoms with Gasteiger partial charge in [-0.1, -0.05) is 15.9 Å². The molecule has 4 aromatic rings. The average Bonchev–Trinajstić information content (AvgIpc) is 3.40. The van der Waals surface area contributed by atoms with E-state index >= 15 is 0 Å². The molecule has 1 N–H and O–H groups in total. The number of anilines is 1. The molecule has 0 aliphatic rings. The zero-order valence-corrected chi connectivity index (χ0v) is 17.0. The molecule has 0 unspecified atom stereocenters. The Morgan fingerprint density at radius 3 is 2.58 bits per heavy atom. The second-order valence-corrected chi connectivity index (χ2v) is 7.18. The van der Waals surface area contributed by atoms with Crippen LogP contribution in [0.1, 0.15) is 5.56 Å². The SMILES string of the molecule is O=C(Cn1nnc(-c2ccc(Br)cc2)n1)Nc1cc(C(F)(F)F)ccc1-n1cncn1. The van der Waals surface area contributed by atoms with Gasteiger partial charge in [-0.2, -0.15) is 23.1 Å². The summed E-state index contributed by atoms with van der Waals surface area (Å²) in [6, 6.07) is 10.1. The lowest BCUT2D eigenvalue weighted by Crippen LogP contribution is -2.22. The Morgan fingerprint density at radius 1 is 1.13 bits per heavy atom. The van der Waals surface area contributed by atoms with Crippen molar-refractivity contribution in [2.24, 2.45) is 0 Å². The van der Waals surface area contributed by atoms with E-state index in [1.54, 1.807) is 12.1 Å². The van der Waals surface area contributed by atoms with Crippen LogP contribution in [0.2, 0.25) is 0 Å². The first-order valence-electron chi connectivity index (χ1n) is 8.69. The van der Waals surface area contributed by atoms with Gasteiger partial charge in [0.05, 0.1) is 16.9 Å². The first kappa shape index (κ1) is 20.7. The van der Waals surface area contributed by atoms with Gasteiger partial charge >= 0.3 is 6.18 Å². The Labute approximate surface area is 181 Å². The second-order valence-electron chi connectivity index (χ2n) is 6.27. The molecule has 2 aromatic heterocycles. The first-order valence-corrected chi connectivity index (χ1v) is 9.49. The summed E-state index contributed by atoms with van der Waals surface area (Å²) in [4.78, 5) is 17.3. The molecule has 9 nitrogen and oxygen atoms in total. The van der Waals surface area contributed by atoms with E-state index in [2.05, 4.69) is 46.7 Å². The molecule has 0 saturated heterocycles. The molecule has 0 spiro atoms. The maximum atomic E-state index is 13.1. The number of benzene rings is 2. The number of rotatable bonds is 5. The predicted molar refractivity (Wildman–Crippen MR) is 106 cm³/mol. The van der Waals surface area contributed by atoms with E-state index < -0.39 is 17.6 Å². The second kappa shape index (κ2) is 8.26. The lowest BCUT2D eigenvalue weighted by atomic mass is 10.1. The molecule has 1 amide bonds. The number of hydrogen-bond acceptors (Lipinski definition) is 6. The summed E-state index contributed by atoms with van der Waals surface area (Å²) in [6.07, 6.45) is -2.04. The molecular weight excluding hydrogens is 481 g/mol. The van der Waals surface area contributed by atoms with Gasteiger partial charge in [0, 0.05) is 10.0 Å². The fourth-order valence-corrected chi connectivity index (χ4v) is 2.95. The third-order valence-corrected chi connectivity index (χ3v) is 4.63. The Hall–Kier alpha value is -3.61. The fourth-order valence-electron chi connectivity index (χ4n) is 2.69. The number of nitrogens with one attached hydrogen (secondary N) is 1. The molecule has 0 aliphatic carbocycles. The highest BCUT2D eigenvalue weighted by Crippen LogP contribution is 2.33. The number of carbonyl (C=O) groups excluding carboxylic acids is 1. The van der Waals surface area contributed by atoms with Crippen LogP contribution < -0.4 is 5.32 Å². The molecule has 0 aliphatic heterocycles. The number of hydrogen-bond donors (Lipinski definition) is 1. The minimum Gasteiger partial charge on any atom is -0.323 e. The van der Waals surface area contributed by atoms with Crippen molar-refractivity contribution in [1.82, 2.24) is 35.0 Å². The maximum Gasteiger partial charge on any atom is 0.416 e. The van der Waals surface area contributed by atoms with Gasteiger partial charge in [0.15, 0.2) is 0 Å². The largest absolute Gasteiger partial charge is 0.416 e. The lowest BCUT2D eigenvalue weighted by Gasteiger charge is -2.14. The van der Waals surface area contributed by atoms with Crippen molar-refractivity contribution in [1.29, 1.82) is 0 Å². The summed E-state index contributed by atoms with van der Waals surface area (Å²) in [6.45, 7) is -0.351. The standard InChI is InChI=1S/C18H12BrF3N8O/c19-13-4-1-11(2-5-13)17-26-28-30(27-17)8-16(31)25-14-7-12(18(20,21)22)3-6-15(14)29-10-23-9-24-29/h1-7,9-10H,8H2,(H,25,31). The molecule has 0 atom stereocenters. The molecule has 2 aromatic carbocycles. The van der Waals surface area contributed by atoms with Crippen LogP contribution in [0.3, 0.4) is 0 Å². The van der Waals surface area contributed by atoms with E-state index in [1.807, 2.05) is 12.1 Å². The van der Waals surface area contributed by atoms with Crippen LogP contribution in [-0.2, 0) is 17.5 Å². The number of carbonyl (C=O) groups is 1. The summed E-state index contributed by atoms with van der Waals surface area (Å²) in [5, 5.41) is 18.2. The zero-order valence-electron chi connectivity index (χ0n) is 15.5. The summed E-state index contributed by atoms with van der Waals surface area (Å²) in [7, 11) is 0. The Morgan fingerprint density at radius 2 is 1.90 bits per heavy atom. The first-order chi connectivity index (χ1) is 14.8. The topological polar surface area (TPSA) is 103 Å². The normalized spacial score (nSPS) is 11.5. The van der Waals surface area contributed by atoms with Gasteiger partial charge in [-0.25, -0.2) is 9.67 Å². The van der Waals surface area contributed by atoms with E-state index in [0.29, 0.717) is 11.4 Å². The molecule has 2 heterocycles. The van der Waals surface area contributed by atoms with Crippen molar-refractivity contribution in [2.75, 3.05) is 5.32 Å². The maximum absolute atomic E-state index is 13.1. The quantitative estimate of drug-likeness (QED) is 0.458. The zero-order chi connectivity index (χ0) is 22.0. The predicted octanol–water partition coefficient (Wildman–Crippen LogP) is 3.34. The van der Waals surface area contributed by atoms with Crippen LogP contribution in [0.5, 0.6) is 0 Å². The van der Waals surface area contributed by atoms with Crippen LogP contribution >= 0.6 is 15.9 Å². The minimum absolute atomic E-state index is 0.0847. The Bertz CT molecular complexity index is 1210. The van der Waals surface area contributed by atoms with Crippen molar-refractivity contribution < 1.29 is 18.0 Å². The van der Waals surface area contributed by atoms with Crippen LogP contribution in [0, 0.1) is 0 Å². The summed E-state index contributed by atoms with van der Waals surface area (Å²) >= 11 is 3.33. The number of amides is 1.